The monoisotopic (exact) mass is 289 g/mol. The Balaban J connectivity index is 1.94. The molecule has 0 saturated heterocycles. The molecule has 4 heteroatoms. The van der Waals surface area contributed by atoms with E-state index >= 15 is 0 Å². The molecule has 20 heavy (non-hydrogen) atoms. The Bertz CT molecular complexity index is 511. The molecule has 0 aliphatic rings. The SMILES string of the molecule is CN(C)C(CNCc1cccnc1)c1ccc(Cl)cc1. The molecule has 0 spiro atoms. The molecule has 1 atom stereocenters. The van der Waals surface area contributed by atoms with Crippen molar-refractivity contribution < 1.29 is 0 Å². The lowest BCUT2D eigenvalue weighted by atomic mass is 10.1. The number of halogens is 1. The first-order chi connectivity index (χ1) is 9.66. The highest BCUT2D eigenvalue weighted by molar-refractivity contribution is 6.30. The third-order valence-corrected chi connectivity index (χ3v) is 3.52. The van der Waals surface area contributed by atoms with Crippen LogP contribution in [-0.2, 0) is 6.54 Å². The maximum absolute atomic E-state index is 5.94. The molecule has 1 aromatic carbocycles. The normalized spacial score (nSPS) is 12.6. The summed E-state index contributed by atoms with van der Waals surface area (Å²) in [7, 11) is 4.18. The van der Waals surface area contributed by atoms with Crippen molar-refractivity contribution in [2.24, 2.45) is 0 Å². The van der Waals surface area contributed by atoms with Crippen molar-refractivity contribution in [2.75, 3.05) is 20.6 Å². The van der Waals surface area contributed by atoms with Gasteiger partial charge < -0.3 is 10.2 Å². The number of hydrogen-bond donors (Lipinski definition) is 1. The molecule has 1 unspecified atom stereocenters. The van der Waals surface area contributed by atoms with E-state index in [-0.39, 0.29) is 0 Å². The predicted octanol–water partition coefficient (Wildman–Crippen LogP) is 3.13. The van der Waals surface area contributed by atoms with E-state index in [0.29, 0.717) is 6.04 Å². The Kier molecular flexibility index (Phi) is 5.53. The van der Waals surface area contributed by atoms with Gasteiger partial charge in [0.15, 0.2) is 0 Å². The quantitative estimate of drug-likeness (QED) is 0.885. The van der Waals surface area contributed by atoms with Crippen molar-refractivity contribution in [3.8, 4) is 0 Å². The van der Waals surface area contributed by atoms with Gasteiger partial charge in [-0.2, -0.15) is 0 Å². The van der Waals surface area contributed by atoms with Gasteiger partial charge in [0.25, 0.3) is 0 Å². The molecular formula is C16H20ClN3. The number of hydrogen-bond acceptors (Lipinski definition) is 3. The van der Waals surface area contributed by atoms with E-state index in [1.54, 1.807) is 6.20 Å². The van der Waals surface area contributed by atoms with E-state index in [2.05, 4.69) is 47.5 Å². The second-order valence-corrected chi connectivity index (χ2v) is 5.46. The molecule has 2 aromatic rings. The zero-order valence-corrected chi connectivity index (χ0v) is 12.6. The van der Waals surface area contributed by atoms with Gasteiger partial charge >= 0.3 is 0 Å². The van der Waals surface area contributed by atoms with Crippen LogP contribution in [0.5, 0.6) is 0 Å². The summed E-state index contributed by atoms with van der Waals surface area (Å²) in [5, 5.41) is 4.25. The van der Waals surface area contributed by atoms with Crippen LogP contribution >= 0.6 is 11.6 Å². The number of likely N-dealkylation sites (N-methyl/N-ethyl adjacent to an activating group) is 1. The minimum atomic E-state index is 0.323. The fraction of sp³-hybridized carbons (Fsp3) is 0.312. The molecule has 0 bridgehead atoms. The summed E-state index contributed by atoms with van der Waals surface area (Å²) in [5.41, 5.74) is 2.46. The molecule has 1 aromatic heterocycles. The first kappa shape index (κ1) is 15.0. The van der Waals surface area contributed by atoms with Gasteiger partial charge in [0.1, 0.15) is 0 Å². The lowest BCUT2D eigenvalue weighted by molar-refractivity contribution is 0.288. The van der Waals surface area contributed by atoms with Crippen molar-refractivity contribution in [1.29, 1.82) is 0 Å². The Morgan fingerprint density at radius 3 is 2.55 bits per heavy atom. The van der Waals surface area contributed by atoms with Gasteiger partial charge in [-0.15, -0.1) is 0 Å². The van der Waals surface area contributed by atoms with Gasteiger partial charge in [0.05, 0.1) is 0 Å². The van der Waals surface area contributed by atoms with Crippen molar-refractivity contribution >= 4 is 11.6 Å². The predicted molar refractivity (Wildman–Crippen MR) is 83.8 cm³/mol. The van der Waals surface area contributed by atoms with Crippen LogP contribution in [0, 0.1) is 0 Å². The molecule has 0 aliphatic heterocycles. The van der Waals surface area contributed by atoms with E-state index < -0.39 is 0 Å². The Morgan fingerprint density at radius 1 is 1.20 bits per heavy atom. The lowest BCUT2D eigenvalue weighted by Crippen LogP contribution is -2.30. The smallest absolute Gasteiger partial charge is 0.0466 e. The molecule has 106 valence electrons. The van der Waals surface area contributed by atoms with Crippen molar-refractivity contribution in [2.45, 2.75) is 12.6 Å². The van der Waals surface area contributed by atoms with Crippen LogP contribution in [-0.4, -0.2) is 30.5 Å². The summed E-state index contributed by atoms with van der Waals surface area (Å²) >= 11 is 5.94. The molecule has 2 rings (SSSR count). The van der Waals surface area contributed by atoms with E-state index in [1.807, 2.05) is 24.4 Å². The van der Waals surface area contributed by atoms with E-state index in [1.165, 1.54) is 11.1 Å². The average Bonchev–Trinajstić information content (AvgIpc) is 2.46. The minimum absolute atomic E-state index is 0.323. The number of aromatic nitrogens is 1. The third kappa shape index (κ3) is 4.30. The molecular weight excluding hydrogens is 270 g/mol. The van der Waals surface area contributed by atoms with Crippen molar-refractivity contribution in [3.63, 3.8) is 0 Å². The number of nitrogens with one attached hydrogen (secondary N) is 1. The highest BCUT2D eigenvalue weighted by atomic mass is 35.5. The fourth-order valence-electron chi connectivity index (χ4n) is 2.14. The molecule has 1 heterocycles. The molecule has 0 radical (unpaired) electrons. The van der Waals surface area contributed by atoms with Crippen LogP contribution in [0.3, 0.4) is 0 Å². The summed E-state index contributed by atoms with van der Waals surface area (Å²) < 4.78 is 0. The fourth-order valence-corrected chi connectivity index (χ4v) is 2.27. The molecule has 0 fully saturated rings. The van der Waals surface area contributed by atoms with Crippen LogP contribution in [0.1, 0.15) is 17.2 Å². The first-order valence-electron chi connectivity index (χ1n) is 6.68. The third-order valence-electron chi connectivity index (χ3n) is 3.27. The molecule has 3 nitrogen and oxygen atoms in total. The summed E-state index contributed by atoms with van der Waals surface area (Å²) in [6.45, 7) is 1.70. The first-order valence-corrected chi connectivity index (χ1v) is 7.06. The zero-order valence-electron chi connectivity index (χ0n) is 11.9. The van der Waals surface area contributed by atoms with E-state index in [4.69, 9.17) is 11.6 Å². The summed E-state index contributed by atoms with van der Waals surface area (Å²) in [4.78, 5) is 6.33. The largest absolute Gasteiger partial charge is 0.311 e. The summed E-state index contributed by atoms with van der Waals surface area (Å²) in [6.07, 6.45) is 3.68. The molecule has 0 aliphatic carbocycles. The van der Waals surface area contributed by atoms with Crippen LogP contribution < -0.4 is 5.32 Å². The van der Waals surface area contributed by atoms with Gasteiger partial charge in [0.2, 0.25) is 0 Å². The van der Waals surface area contributed by atoms with Gasteiger partial charge in [0, 0.05) is 36.5 Å². The number of nitrogens with zero attached hydrogens (tertiary/aromatic N) is 2. The van der Waals surface area contributed by atoms with Crippen LogP contribution in [0.15, 0.2) is 48.8 Å². The van der Waals surface area contributed by atoms with Gasteiger partial charge in [-0.25, -0.2) is 0 Å². The van der Waals surface area contributed by atoms with Crippen LogP contribution in [0.25, 0.3) is 0 Å². The van der Waals surface area contributed by atoms with Gasteiger partial charge in [-0.05, 0) is 43.4 Å². The van der Waals surface area contributed by atoms with Crippen molar-refractivity contribution in [3.05, 3.63) is 64.9 Å². The maximum Gasteiger partial charge on any atom is 0.0466 e. The topological polar surface area (TPSA) is 28.2 Å². The Hall–Kier alpha value is -1.42. The molecule has 1 N–H and O–H groups in total. The van der Waals surface area contributed by atoms with Crippen molar-refractivity contribution in [1.82, 2.24) is 15.2 Å². The number of pyridine rings is 1. The summed E-state index contributed by atoms with van der Waals surface area (Å²) in [5.74, 6) is 0. The molecule has 0 saturated carbocycles. The highest BCUT2D eigenvalue weighted by Gasteiger charge is 2.13. The lowest BCUT2D eigenvalue weighted by Gasteiger charge is -2.25. The Morgan fingerprint density at radius 2 is 1.95 bits per heavy atom. The maximum atomic E-state index is 5.94. The Labute approximate surface area is 125 Å². The highest BCUT2D eigenvalue weighted by Crippen LogP contribution is 2.19. The van der Waals surface area contributed by atoms with Crippen LogP contribution in [0.2, 0.25) is 5.02 Å². The second kappa shape index (κ2) is 7.39. The standard InChI is InChI=1S/C16H20ClN3/c1-20(2)16(14-5-7-15(17)8-6-14)12-19-11-13-4-3-9-18-10-13/h3-10,16,19H,11-12H2,1-2H3. The second-order valence-electron chi connectivity index (χ2n) is 5.02. The summed E-state index contributed by atoms with van der Waals surface area (Å²) in [6, 6.07) is 12.4. The van der Waals surface area contributed by atoms with Gasteiger partial charge in [-0.1, -0.05) is 29.8 Å². The minimum Gasteiger partial charge on any atom is -0.311 e. The van der Waals surface area contributed by atoms with Crippen LogP contribution in [0.4, 0.5) is 0 Å². The number of benzene rings is 1. The zero-order chi connectivity index (χ0) is 14.4. The number of rotatable bonds is 6. The van der Waals surface area contributed by atoms with Gasteiger partial charge in [-0.3, -0.25) is 4.98 Å². The average molecular weight is 290 g/mol. The van der Waals surface area contributed by atoms with E-state index in [9.17, 15) is 0 Å². The molecule has 0 amide bonds. The van der Waals surface area contributed by atoms with E-state index in [0.717, 1.165) is 18.1 Å².